The molecular weight excluding hydrogens is 316 g/mol. The lowest BCUT2D eigenvalue weighted by atomic mass is 10.2. The van der Waals surface area contributed by atoms with E-state index in [1.165, 1.54) is 5.56 Å². The zero-order valence-electron chi connectivity index (χ0n) is 14.9. The summed E-state index contributed by atoms with van der Waals surface area (Å²) in [6, 6.07) is 13.3. The quantitative estimate of drug-likeness (QED) is 0.875. The van der Waals surface area contributed by atoms with E-state index in [1.54, 1.807) is 7.11 Å². The van der Waals surface area contributed by atoms with Crippen LogP contribution in [0.15, 0.2) is 42.5 Å². The van der Waals surface area contributed by atoms with E-state index in [0.717, 1.165) is 24.3 Å². The van der Waals surface area contributed by atoms with Crippen molar-refractivity contribution in [3.8, 4) is 11.5 Å². The van der Waals surface area contributed by atoms with Crippen molar-refractivity contribution in [2.45, 2.75) is 26.3 Å². The van der Waals surface area contributed by atoms with E-state index in [9.17, 15) is 4.79 Å². The van der Waals surface area contributed by atoms with E-state index in [0.29, 0.717) is 18.1 Å². The van der Waals surface area contributed by atoms with Crippen molar-refractivity contribution in [2.75, 3.05) is 30.5 Å². The fraction of sp³-hybridized carbons (Fsp3) is 0.350. The molecule has 0 saturated carbocycles. The lowest BCUT2D eigenvalue weighted by Crippen LogP contribution is -2.40. The number of anilines is 2. The zero-order chi connectivity index (χ0) is 17.8. The van der Waals surface area contributed by atoms with Crippen LogP contribution in [-0.4, -0.2) is 32.2 Å². The van der Waals surface area contributed by atoms with Gasteiger partial charge in [-0.3, -0.25) is 4.79 Å². The summed E-state index contributed by atoms with van der Waals surface area (Å²) in [6.07, 6.45) is 0.908. The van der Waals surface area contributed by atoms with Crippen molar-refractivity contribution >= 4 is 17.3 Å². The van der Waals surface area contributed by atoms with Gasteiger partial charge in [0.2, 0.25) is 5.91 Å². The monoisotopic (exact) mass is 340 g/mol. The molecule has 2 aromatic rings. The highest BCUT2D eigenvalue weighted by molar-refractivity contribution is 6.00. The third-order valence-corrected chi connectivity index (χ3v) is 4.37. The minimum absolute atomic E-state index is 0.0674. The third kappa shape index (κ3) is 3.55. The summed E-state index contributed by atoms with van der Waals surface area (Å²) in [5, 5.41) is 3.27. The van der Waals surface area contributed by atoms with E-state index in [2.05, 4.69) is 11.4 Å². The predicted molar refractivity (Wildman–Crippen MR) is 99.7 cm³/mol. The van der Waals surface area contributed by atoms with Gasteiger partial charge in [-0.25, -0.2) is 0 Å². The Bertz CT molecular complexity index is 760. The average Bonchev–Trinajstić information content (AvgIpc) is 3.06. The molecule has 1 aliphatic heterocycles. The summed E-state index contributed by atoms with van der Waals surface area (Å²) in [7, 11) is 1.61. The Kier molecular flexibility index (Phi) is 5.12. The SMILES string of the molecule is CCOc1ccc(N[C@H](C)C(=O)N2CCc3ccccc32)cc1OC. The molecule has 0 spiro atoms. The van der Waals surface area contributed by atoms with Crippen molar-refractivity contribution in [1.82, 2.24) is 0 Å². The number of methoxy groups -OCH3 is 1. The minimum Gasteiger partial charge on any atom is -0.493 e. The normalized spacial score (nSPS) is 14.0. The van der Waals surface area contributed by atoms with Crippen LogP contribution in [0.2, 0.25) is 0 Å². The smallest absolute Gasteiger partial charge is 0.249 e. The van der Waals surface area contributed by atoms with Crippen LogP contribution >= 0.6 is 0 Å². The number of nitrogens with zero attached hydrogens (tertiary/aromatic N) is 1. The number of ether oxygens (including phenoxy) is 2. The van der Waals surface area contributed by atoms with Crippen LogP contribution < -0.4 is 19.7 Å². The van der Waals surface area contributed by atoms with Gasteiger partial charge in [-0.1, -0.05) is 18.2 Å². The Hall–Kier alpha value is -2.69. The number of carbonyl (C=O) groups is 1. The van der Waals surface area contributed by atoms with Gasteiger partial charge in [0.1, 0.15) is 6.04 Å². The maximum Gasteiger partial charge on any atom is 0.249 e. The number of fused-ring (bicyclic) bond motifs is 1. The first-order valence-corrected chi connectivity index (χ1v) is 8.60. The number of benzene rings is 2. The molecule has 0 unspecified atom stereocenters. The van der Waals surface area contributed by atoms with Crippen molar-refractivity contribution in [1.29, 1.82) is 0 Å². The first kappa shape index (κ1) is 17.1. The zero-order valence-corrected chi connectivity index (χ0v) is 14.9. The molecule has 2 aromatic carbocycles. The molecule has 5 nitrogen and oxygen atoms in total. The van der Waals surface area contributed by atoms with Gasteiger partial charge in [0.15, 0.2) is 11.5 Å². The summed E-state index contributed by atoms with van der Waals surface area (Å²) >= 11 is 0. The number of carbonyl (C=O) groups excluding carboxylic acids is 1. The number of hydrogen-bond donors (Lipinski definition) is 1. The lowest BCUT2D eigenvalue weighted by molar-refractivity contribution is -0.118. The highest BCUT2D eigenvalue weighted by Crippen LogP contribution is 2.31. The molecule has 0 saturated heterocycles. The van der Waals surface area contributed by atoms with Crippen molar-refractivity contribution < 1.29 is 14.3 Å². The summed E-state index contributed by atoms with van der Waals surface area (Å²) in [4.78, 5) is 14.7. The van der Waals surface area contributed by atoms with E-state index < -0.39 is 0 Å². The average molecular weight is 340 g/mol. The Morgan fingerprint density at radius 3 is 2.80 bits per heavy atom. The van der Waals surface area contributed by atoms with Crippen LogP contribution in [-0.2, 0) is 11.2 Å². The maximum atomic E-state index is 12.8. The molecule has 5 heteroatoms. The molecule has 132 valence electrons. The number of para-hydroxylation sites is 1. The minimum atomic E-state index is -0.339. The molecule has 1 N–H and O–H groups in total. The Balaban J connectivity index is 1.72. The van der Waals surface area contributed by atoms with Gasteiger partial charge in [0.05, 0.1) is 13.7 Å². The van der Waals surface area contributed by atoms with E-state index in [1.807, 2.05) is 55.1 Å². The highest BCUT2D eigenvalue weighted by atomic mass is 16.5. The van der Waals surface area contributed by atoms with Gasteiger partial charge in [-0.2, -0.15) is 0 Å². The molecule has 0 bridgehead atoms. The second-order valence-electron chi connectivity index (χ2n) is 6.03. The number of nitrogens with one attached hydrogen (secondary N) is 1. The molecule has 0 radical (unpaired) electrons. The van der Waals surface area contributed by atoms with Crippen LogP contribution in [0.25, 0.3) is 0 Å². The van der Waals surface area contributed by atoms with Crippen LogP contribution in [0.4, 0.5) is 11.4 Å². The Morgan fingerprint density at radius 1 is 1.24 bits per heavy atom. The topological polar surface area (TPSA) is 50.8 Å². The van der Waals surface area contributed by atoms with Gasteiger partial charge in [0, 0.05) is 24.0 Å². The van der Waals surface area contributed by atoms with E-state index in [-0.39, 0.29) is 11.9 Å². The number of amides is 1. The van der Waals surface area contributed by atoms with Gasteiger partial charge in [-0.15, -0.1) is 0 Å². The largest absolute Gasteiger partial charge is 0.493 e. The van der Waals surface area contributed by atoms with E-state index in [4.69, 9.17) is 9.47 Å². The molecular formula is C20H24N2O3. The van der Waals surface area contributed by atoms with Crippen LogP contribution in [0.1, 0.15) is 19.4 Å². The summed E-state index contributed by atoms with van der Waals surface area (Å²) < 4.78 is 10.9. The summed E-state index contributed by atoms with van der Waals surface area (Å²) in [5.74, 6) is 1.42. The fourth-order valence-electron chi connectivity index (χ4n) is 3.14. The Labute approximate surface area is 148 Å². The summed E-state index contributed by atoms with van der Waals surface area (Å²) in [5.41, 5.74) is 3.07. The van der Waals surface area contributed by atoms with Crippen molar-refractivity contribution in [3.63, 3.8) is 0 Å². The molecule has 1 atom stereocenters. The summed E-state index contributed by atoms with van der Waals surface area (Å²) in [6.45, 7) is 5.12. The second kappa shape index (κ2) is 7.47. The van der Waals surface area contributed by atoms with Gasteiger partial charge >= 0.3 is 0 Å². The van der Waals surface area contributed by atoms with Crippen LogP contribution in [0.5, 0.6) is 11.5 Å². The number of rotatable bonds is 6. The molecule has 0 aliphatic carbocycles. The maximum absolute atomic E-state index is 12.8. The van der Waals surface area contributed by atoms with Gasteiger partial charge in [-0.05, 0) is 44.0 Å². The molecule has 0 aromatic heterocycles. The standard InChI is InChI=1S/C20H24N2O3/c1-4-25-18-10-9-16(13-19(18)24-3)21-14(2)20(23)22-12-11-15-7-5-6-8-17(15)22/h5-10,13-14,21H,4,11-12H2,1-3H3/t14-/m1/s1. The molecule has 1 aliphatic rings. The van der Waals surface area contributed by atoms with Crippen LogP contribution in [0, 0.1) is 0 Å². The second-order valence-corrected chi connectivity index (χ2v) is 6.03. The lowest BCUT2D eigenvalue weighted by Gasteiger charge is -2.23. The fourth-order valence-corrected chi connectivity index (χ4v) is 3.14. The van der Waals surface area contributed by atoms with Crippen molar-refractivity contribution in [3.05, 3.63) is 48.0 Å². The molecule has 1 amide bonds. The molecule has 0 fully saturated rings. The highest BCUT2D eigenvalue weighted by Gasteiger charge is 2.27. The molecule has 1 heterocycles. The first-order chi connectivity index (χ1) is 12.1. The van der Waals surface area contributed by atoms with Gasteiger partial charge in [0.25, 0.3) is 0 Å². The van der Waals surface area contributed by atoms with Crippen LogP contribution in [0.3, 0.4) is 0 Å². The molecule has 3 rings (SSSR count). The first-order valence-electron chi connectivity index (χ1n) is 8.60. The van der Waals surface area contributed by atoms with Gasteiger partial charge < -0.3 is 19.7 Å². The molecule has 25 heavy (non-hydrogen) atoms. The van der Waals surface area contributed by atoms with Crippen molar-refractivity contribution in [2.24, 2.45) is 0 Å². The van der Waals surface area contributed by atoms with E-state index >= 15 is 0 Å². The predicted octanol–water partition coefficient (Wildman–Crippen LogP) is 3.48. The Morgan fingerprint density at radius 2 is 2.04 bits per heavy atom. The number of hydrogen-bond acceptors (Lipinski definition) is 4. The third-order valence-electron chi connectivity index (χ3n) is 4.37.